The SMILES string of the molecule is Nc1cncc(-c2ncc3[nH]nc(-c4nc5nccc(-c6ccncc6)c5[nH]4)c3c2F)c1. The number of rotatable bonds is 3. The lowest BCUT2D eigenvalue weighted by Gasteiger charge is -2.04. The highest BCUT2D eigenvalue weighted by molar-refractivity contribution is 5.97. The lowest BCUT2D eigenvalue weighted by atomic mass is 10.1. The second-order valence-electron chi connectivity index (χ2n) is 7.17. The Bertz CT molecular complexity index is 1600. The molecule has 0 bridgehead atoms. The van der Waals surface area contributed by atoms with Crippen molar-refractivity contribution >= 4 is 27.8 Å². The molecular formula is C22H14FN9. The van der Waals surface area contributed by atoms with E-state index in [1.54, 1.807) is 24.7 Å². The topological polar surface area (TPSA) is 135 Å². The van der Waals surface area contributed by atoms with Crippen LogP contribution in [-0.2, 0) is 0 Å². The number of halogens is 1. The summed E-state index contributed by atoms with van der Waals surface area (Å²) < 4.78 is 15.6. The van der Waals surface area contributed by atoms with Crippen molar-refractivity contribution in [1.29, 1.82) is 0 Å². The number of nitrogen functional groups attached to an aromatic ring is 1. The molecule has 0 unspecified atom stereocenters. The molecule has 6 aromatic heterocycles. The summed E-state index contributed by atoms with van der Waals surface area (Å²) >= 11 is 0. The van der Waals surface area contributed by atoms with Crippen molar-refractivity contribution < 1.29 is 4.39 Å². The van der Waals surface area contributed by atoms with Crippen LogP contribution in [0.1, 0.15) is 0 Å². The van der Waals surface area contributed by atoms with Crippen LogP contribution in [0.2, 0.25) is 0 Å². The van der Waals surface area contributed by atoms with Crippen LogP contribution in [0.15, 0.2) is 61.4 Å². The molecule has 0 radical (unpaired) electrons. The maximum atomic E-state index is 15.6. The fraction of sp³-hybridized carbons (Fsp3) is 0. The molecule has 0 aromatic carbocycles. The normalized spacial score (nSPS) is 11.4. The average Bonchev–Trinajstić information content (AvgIpc) is 3.44. The first kappa shape index (κ1) is 18.1. The van der Waals surface area contributed by atoms with Gasteiger partial charge in [-0.25, -0.2) is 14.4 Å². The van der Waals surface area contributed by atoms with Crippen LogP contribution >= 0.6 is 0 Å². The lowest BCUT2D eigenvalue weighted by Crippen LogP contribution is -1.94. The third-order valence-electron chi connectivity index (χ3n) is 5.18. The molecule has 0 saturated heterocycles. The first-order chi connectivity index (χ1) is 15.7. The second-order valence-corrected chi connectivity index (χ2v) is 7.17. The molecule has 6 rings (SSSR count). The smallest absolute Gasteiger partial charge is 0.178 e. The van der Waals surface area contributed by atoms with Gasteiger partial charge in [0.1, 0.15) is 11.4 Å². The van der Waals surface area contributed by atoms with Crippen LogP contribution in [-0.4, -0.2) is 40.1 Å². The zero-order valence-electron chi connectivity index (χ0n) is 16.4. The van der Waals surface area contributed by atoms with Crippen molar-refractivity contribution in [2.45, 2.75) is 0 Å². The molecule has 6 aromatic rings. The quantitative estimate of drug-likeness (QED) is 0.394. The number of nitrogens with two attached hydrogens (primary N) is 1. The highest BCUT2D eigenvalue weighted by Gasteiger charge is 2.21. The number of imidazole rings is 1. The van der Waals surface area contributed by atoms with E-state index in [4.69, 9.17) is 5.73 Å². The Kier molecular flexibility index (Phi) is 3.90. The van der Waals surface area contributed by atoms with Crippen LogP contribution in [0.4, 0.5) is 10.1 Å². The molecule has 0 aliphatic rings. The van der Waals surface area contributed by atoms with E-state index in [-0.39, 0.29) is 11.1 Å². The predicted octanol–water partition coefficient (Wildman–Crippen LogP) is 3.74. The van der Waals surface area contributed by atoms with Gasteiger partial charge in [-0.15, -0.1) is 0 Å². The van der Waals surface area contributed by atoms with Gasteiger partial charge >= 0.3 is 0 Å². The summed E-state index contributed by atoms with van der Waals surface area (Å²) in [5, 5.41) is 7.39. The summed E-state index contributed by atoms with van der Waals surface area (Å²) in [4.78, 5) is 24.5. The van der Waals surface area contributed by atoms with Gasteiger partial charge in [0.25, 0.3) is 0 Å². The Balaban J connectivity index is 1.55. The number of anilines is 1. The van der Waals surface area contributed by atoms with Crippen molar-refractivity contribution in [3.8, 4) is 33.9 Å². The van der Waals surface area contributed by atoms with Crippen molar-refractivity contribution in [3.05, 3.63) is 67.3 Å². The monoisotopic (exact) mass is 423 g/mol. The van der Waals surface area contributed by atoms with E-state index in [0.29, 0.717) is 33.9 Å². The van der Waals surface area contributed by atoms with Crippen molar-refractivity contribution in [2.24, 2.45) is 0 Å². The third-order valence-corrected chi connectivity index (χ3v) is 5.18. The van der Waals surface area contributed by atoms with Gasteiger partial charge < -0.3 is 10.7 Å². The third kappa shape index (κ3) is 2.77. The minimum absolute atomic E-state index is 0.131. The number of fused-ring (bicyclic) bond motifs is 2. The molecule has 32 heavy (non-hydrogen) atoms. The molecule has 0 aliphatic heterocycles. The summed E-state index contributed by atoms with van der Waals surface area (Å²) in [6.45, 7) is 0. The van der Waals surface area contributed by atoms with E-state index in [1.807, 2.05) is 18.2 Å². The molecular weight excluding hydrogens is 409 g/mol. The Morgan fingerprint density at radius 1 is 0.875 bits per heavy atom. The molecule has 0 atom stereocenters. The predicted molar refractivity (Wildman–Crippen MR) is 118 cm³/mol. The summed E-state index contributed by atoms with van der Waals surface area (Å²) in [7, 11) is 0. The molecule has 9 nitrogen and oxygen atoms in total. The molecule has 0 fully saturated rings. The van der Waals surface area contributed by atoms with Crippen molar-refractivity contribution in [3.63, 3.8) is 0 Å². The van der Waals surface area contributed by atoms with Gasteiger partial charge in [-0.2, -0.15) is 5.10 Å². The summed E-state index contributed by atoms with van der Waals surface area (Å²) in [6.07, 6.45) is 9.65. The maximum Gasteiger partial charge on any atom is 0.178 e. The Hall–Kier alpha value is -4.73. The van der Waals surface area contributed by atoms with Crippen LogP contribution in [0.25, 0.3) is 56.0 Å². The fourth-order valence-electron chi connectivity index (χ4n) is 3.73. The molecule has 10 heteroatoms. The molecule has 0 spiro atoms. The largest absolute Gasteiger partial charge is 0.397 e. The lowest BCUT2D eigenvalue weighted by molar-refractivity contribution is 0.638. The molecule has 154 valence electrons. The van der Waals surface area contributed by atoms with Crippen molar-refractivity contribution in [1.82, 2.24) is 40.1 Å². The first-order valence-corrected chi connectivity index (χ1v) is 9.68. The van der Waals surface area contributed by atoms with Gasteiger partial charge in [0, 0.05) is 42.1 Å². The number of hydrogen-bond donors (Lipinski definition) is 3. The number of hydrogen-bond acceptors (Lipinski definition) is 7. The average molecular weight is 423 g/mol. The highest BCUT2D eigenvalue weighted by atomic mass is 19.1. The van der Waals surface area contributed by atoms with Gasteiger partial charge in [-0.1, -0.05) is 0 Å². The van der Waals surface area contributed by atoms with Crippen molar-refractivity contribution in [2.75, 3.05) is 5.73 Å². The fourth-order valence-corrected chi connectivity index (χ4v) is 3.73. The van der Waals surface area contributed by atoms with Crippen LogP contribution in [0.5, 0.6) is 0 Å². The minimum atomic E-state index is -0.540. The van der Waals surface area contributed by atoms with Crippen LogP contribution in [0.3, 0.4) is 0 Å². The van der Waals surface area contributed by atoms with Gasteiger partial charge in [-0.05, 0) is 29.8 Å². The standard InChI is InChI=1S/C22H14FN9/c23-17-16-15(10-28-18(17)12-7-13(24)9-26-8-12)31-32-20(16)22-29-19-14(3-6-27-21(19)30-22)11-1-4-25-5-2-11/h1-10H,24H2,(H,31,32)(H,27,29,30). The molecule has 0 aliphatic carbocycles. The number of H-pyrrole nitrogens is 2. The van der Waals surface area contributed by atoms with E-state index in [1.165, 1.54) is 18.6 Å². The van der Waals surface area contributed by atoms with Gasteiger partial charge in [0.05, 0.1) is 28.3 Å². The van der Waals surface area contributed by atoms with E-state index in [9.17, 15) is 0 Å². The second kappa shape index (κ2) is 6.91. The van der Waals surface area contributed by atoms with Gasteiger partial charge in [0.15, 0.2) is 17.3 Å². The molecule has 0 saturated carbocycles. The maximum absolute atomic E-state index is 15.6. The summed E-state index contributed by atoms with van der Waals surface area (Å²) in [5.41, 5.74) is 10.7. The van der Waals surface area contributed by atoms with Gasteiger partial charge in [-0.3, -0.25) is 20.1 Å². The van der Waals surface area contributed by atoms with E-state index < -0.39 is 5.82 Å². The first-order valence-electron chi connectivity index (χ1n) is 9.68. The van der Waals surface area contributed by atoms with Crippen LogP contribution in [0, 0.1) is 5.82 Å². The van der Waals surface area contributed by atoms with E-state index in [2.05, 4.69) is 40.1 Å². The zero-order chi connectivity index (χ0) is 21.7. The number of pyridine rings is 4. The summed E-state index contributed by atoms with van der Waals surface area (Å²) in [5.74, 6) is -0.150. The van der Waals surface area contributed by atoms with Crippen LogP contribution < -0.4 is 5.73 Å². The summed E-state index contributed by atoms with van der Waals surface area (Å²) in [6, 6.07) is 7.31. The Morgan fingerprint density at radius 3 is 2.59 bits per heavy atom. The Morgan fingerprint density at radius 2 is 1.75 bits per heavy atom. The minimum Gasteiger partial charge on any atom is -0.397 e. The van der Waals surface area contributed by atoms with E-state index >= 15 is 4.39 Å². The number of nitrogens with zero attached hydrogens (tertiary/aromatic N) is 6. The number of nitrogens with one attached hydrogen (secondary N) is 2. The molecule has 0 amide bonds. The van der Waals surface area contributed by atoms with Gasteiger partial charge in [0.2, 0.25) is 0 Å². The number of aromatic amines is 2. The molecule has 6 heterocycles. The molecule has 4 N–H and O–H groups in total. The highest BCUT2D eigenvalue weighted by Crippen LogP contribution is 2.34. The Labute approximate surface area is 179 Å². The number of aromatic nitrogens is 8. The zero-order valence-corrected chi connectivity index (χ0v) is 16.4. The van der Waals surface area contributed by atoms with E-state index in [0.717, 1.165) is 16.6 Å².